The molecule has 5 rings (SSSR count). The van der Waals surface area contributed by atoms with Crippen molar-refractivity contribution in [3.63, 3.8) is 0 Å². The number of pyridine rings is 2. The second-order valence-corrected chi connectivity index (χ2v) is 6.76. The summed E-state index contributed by atoms with van der Waals surface area (Å²) in [4.78, 5) is 29.2. The number of aryl methyl sites for hydroxylation is 1. The summed E-state index contributed by atoms with van der Waals surface area (Å²) >= 11 is 0. The van der Waals surface area contributed by atoms with Gasteiger partial charge in [0.25, 0.3) is 5.56 Å². The molecule has 2 aromatic heterocycles. The fraction of sp³-hybridized carbons (Fsp3) is 0.211. The Morgan fingerprint density at radius 2 is 2.08 bits per heavy atom. The molecule has 3 N–H and O–H groups in total. The van der Waals surface area contributed by atoms with Gasteiger partial charge >= 0.3 is 5.97 Å². The summed E-state index contributed by atoms with van der Waals surface area (Å²) in [5, 5.41) is 11.0. The van der Waals surface area contributed by atoms with Gasteiger partial charge in [0, 0.05) is 22.2 Å². The van der Waals surface area contributed by atoms with Crippen LogP contribution < -0.4 is 11.3 Å². The molecule has 2 aliphatic rings. The Labute approximate surface area is 147 Å². The molecule has 7 heteroatoms. The van der Waals surface area contributed by atoms with Crippen LogP contribution in [0.15, 0.2) is 29.1 Å². The first-order valence-corrected chi connectivity index (χ1v) is 8.25. The van der Waals surface area contributed by atoms with Crippen molar-refractivity contribution in [2.45, 2.75) is 26.2 Å². The average molecular weight is 349 g/mol. The number of carbonyl (C=O) groups is 1. The minimum absolute atomic E-state index is 0.119. The van der Waals surface area contributed by atoms with Crippen LogP contribution in [0.5, 0.6) is 0 Å². The zero-order chi connectivity index (χ0) is 18.2. The molecule has 4 heterocycles. The Morgan fingerprint density at radius 1 is 1.27 bits per heavy atom. The number of nitrogens with two attached hydrogens (primary N) is 1. The molecule has 1 unspecified atom stereocenters. The van der Waals surface area contributed by atoms with Crippen LogP contribution >= 0.6 is 0 Å². The van der Waals surface area contributed by atoms with Gasteiger partial charge in [-0.1, -0.05) is 0 Å². The average Bonchev–Trinajstić information content (AvgIpc) is 2.96. The van der Waals surface area contributed by atoms with Crippen molar-refractivity contribution in [3.8, 4) is 11.4 Å². The molecule has 0 amide bonds. The van der Waals surface area contributed by atoms with Gasteiger partial charge < -0.3 is 20.1 Å². The van der Waals surface area contributed by atoms with Crippen molar-refractivity contribution < 1.29 is 14.6 Å². The van der Waals surface area contributed by atoms with E-state index in [4.69, 9.17) is 15.5 Å². The summed E-state index contributed by atoms with van der Waals surface area (Å²) in [7, 11) is 0. The first kappa shape index (κ1) is 15.1. The van der Waals surface area contributed by atoms with Crippen LogP contribution in [0.25, 0.3) is 22.3 Å². The lowest BCUT2D eigenvalue weighted by Crippen LogP contribution is -2.32. The van der Waals surface area contributed by atoms with Gasteiger partial charge in [-0.15, -0.1) is 0 Å². The van der Waals surface area contributed by atoms with Crippen molar-refractivity contribution in [2.24, 2.45) is 0 Å². The minimum Gasteiger partial charge on any atom is -0.458 e. The Bertz CT molecular complexity index is 1200. The zero-order valence-corrected chi connectivity index (χ0v) is 13.9. The number of aliphatic hydroxyl groups is 1. The van der Waals surface area contributed by atoms with E-state index in [1.807, 2.05) is 25.1 Å². The van der Waals surface area contributed by atoms with Gasteiger partial charge in [0.2, 0.25) is 0 Å². The van der Waals surface area contributed by atoms with Crippen LogP contribution in [0.4, 0.5) is 5.69 Å². The maximum Gasteiger partial charge on any atom is 0.340 e. The third-order valence-electron chi connectivity index (χ3n) is 5.16. The van der Waals surface area contributed by atoms with E-state index < -0.39 is 12.1 Å². The molecule has 0 fully saturated rings. The van der Waals surface area contributed by atoms with Crippen molar-refractivity contribution in [1.29, 1.82) is 0 Å². The molecule has 3 aromatic rings. The lowest BCUT2D eigenvalue weighted by Gasteiger charge is -2.21. The van der Waals surface area contributed by atoms with Gasteiger partial charge in [-0.2, -0.15) is 0 Å². The smallest absolute Gasteiger partial charge is 0.340 e. The third-order valence-corrected chi connectivity index (χ3v) is 5.16. The molecule has 0 aliphatic carbocycles. The monoisotopic (exact) mass is 349 g/mol. The highest BCUT2D eigenvalue weighted by atomic mass is 16.5. The third kappa shape index (κ3) is 1.89. The molecule has 1 atom stereocenters. The van der Waals surface area contributed by atoms with E-state index in [0.29, 0.717) is 34.7 Å². The van der Waals surface area contributed by atoms with Crippen LogP contribution in [0.3, 0.4) is 0 Å². The van der Waals surface area contributed by atoms with E-state index in [0.717, 1.165) is 22.0 Å². The maximum absolute atomic E-state index is 12.8. The topological polar surface area (TPSA) is 107 Å². The second kappa shape index (κ2) is 4.92. The predicted molar refractivity (Wildman–Crippen MR) is 94.4 cm³/mol. The molecule has 130 valence electrons. The number of hydrogen-bond donors (Lipinski definition) is 2. The number of ether oxygens (including phenoxy) is 1. The van der Waals surface area contributed by atoms with Crippen molar-refractivity contribution in [1.82, 2.24) is 9.55 Å². The van der Waals surface area contributed by atoms with Crippen LogP contribution in [0.2, 0.25) is 0 Å². The number of nitrogen functional groups attached to an aromatic ring is 1. The molecule has 0 radical (unpaired) electrons. The van der Waals surface area contributed by atoms with Crippen molar-refractivity contribution in [2.75, 3.05) is 5.73 Å². The SMILES string of the molecule is Cc1cc2nc3c(cc2cc1N)Cn1c-3cc2c(c1=O)COC(=O)C2O. The number of rotatable bonds is 0. The maximum atomic E-state index is 12.8. The van der Waals surface area contributed by atoms with Gasteiger partial charge in [-0.3, -0.25) is 4.79 Å². The molecule has 0 spiro atoms. The molecule has 2 aliphatic heterocycles. The Hall–Kier alpha value is -3.19. The molecule has 0 saturated heterocycles. The van der Waals surface area contributed by atoms with Crippen molar-refractivity contribution in [3.05, 3.63) is 56.9 Å². The Morgan fingerprint density at radius 3 is 2.88 bits per heavy atom. The summed E-state index contributed by atoms with van der Waals surface area (Å²) in [5.74, 6) is -0.738. The van der Waals surface area contributed by atoms with Gasteiger partial charge in [-0.05, 0) is 36.8 Å². The van der Waals surface area contributed by atoms with Crippen LogP contribution in [0.1, 0.15) is 28.4 Å². The Balaban J connectivity index is 1.78. The lowest BCUT2D eigenvalue weighted by atomic mass is 10.0. The number of anilines is 1. The van der Waals surface area contributed by atoms with Gasteiger partial charge in [0.15, 0.2) is 6.10 Å². The number of aromatic nitrogens is 2. The first-order chi connectivity index (χ1) is 12.4. The number of nitrogens with zero attached hydrogens (tertiary/aromatic N) is 2. The second-order valence-electron chi connectivity index (χ2n) is 6.76. The summed E-state index contributed by atoms with van der Waals surface area (Å²) in [6, 6.07) is 7.45. The van der Waals surface area contributed by atoms with E-state index in [1.54, 1.807) is 10.6 Å². The van der Waals surface area contributed by atoms with Crippen LogP contribution in [-0.4, -0.2) is 20.6 Å². The summed E-state index contributed by atoms with van der Waals surface area (Å²) in [6.07, 6.45) is -1.44. The number of esters is 1. The zero-order valence-electron chi connectivity index (χ0n) is 13.9. The standard InChI is InChI=1S/C19H15N3O4/c1-8-2-14-9(4-13(8)20)3-10-6-22-15(16(10)21-14)5-11-12(18(22)24)7-26-19(25)17(11)23/h2-5,17,23H,6-7,20H2,1H3. The molecular formula is C19H15N3O4. The normalized spacial score (nSPS) is 17.6. The highest BCUT2D eigenvalue weighted by Gasteiger charge is 2.33. The van der Waals surface area contributed by atoms with Gasteiger partial charge in [0.05, 0.1) is 29.0 Å². The molecule has 0 saturated carbocycles. The van der Waals surface area contributed by atoms with E-state index in [-0.39, 0.29) is 12.2 Å². The largest absolute Gasteiger partial charge is 0.458 e. The fourth-order valence-electron chi connectivity index (χ4n) is 3.70. The van der Waals surface area contributed by atoms with E-state index in [9.17, 15) is 14.7 Å². The van der Waals surface area contributed by atoms with Crippen molar-refractivity contribution >= 4 is 22.6 Å². The predicted octanol–water partition coefficient (Wildman–Crippen LogP) is 1.41. The number of hydrogen-bond acceptors (Lipinski definition) is 6. The number of fused-ring (bicyclic) bond motifs is 5. The van der Waals surface area contributed by atoms with E-state index in [1.165, 1.54) is 0 Å². The Kier molecular flexibility index (Phi) is 2.86. The number of benzene rings is 1. The quantitative estimate of drug-likeness (QED) is 0.367. The fourth-order valence-corrected chi connectivity index (χ4v) is 3.70. The van der Waals surface area contributed by atoms with Crippen LogP contribution in [0, 0.1) is 6.92 Å². The number of cyclic esters (lactones) is 1. The number of carbonyl (C=O) groups excluding carboxylic acids is 1. The highest BCUT2D eigenvalue weighted by molar-refractivity contribution is 5.88. The van der Waals surface area contributed by atoms with Gasteiger partial charge in [0.1, 0.15) is 6.61 Å². The molecule has 26 heavy (non-hydrogen) atoms. The molecule has 0 bridgehead atoms. The first-order valence-electron chi connectivity index (χ1n) is 8.25. The van der Waals surface area contributed by atoms with E-state index >= 15 is 0 Å². The molecule has 1 aromatic carbocycles. The lowest BCUT2D eigenvalue weighted by molar-refractivity contribution is -0.157. The molecular weight excluding hydrogens is 334 g/mol. The summed E-state index contributed by atoms with van der Waals surface area (Å²) in [5.41, 5.74) is 11.0. The van der Waals surface area contributed by atoms with E-state index in [2.05, 4.69) is 0 Å². The molecule has 7 nitrogen and oxygen atoms in total. The minimum atomic E-state index is -1.44. The van der Waals surface area contributed by atoms with Gasteiger partial charge in [-0.25, -0.2) is 9.78 Å². The highest BCUT2D eigenvalue weighted by Crippen LogP contribution is 2.35. The number of aliphatic hydroxyl groups excluding tert-OH is 1. The van der Waals surface area contributed by atoms with Crippen LogP contribution in [-0.2, 0) is 22.7 Å². The summed E-state index contributed by atoms with van der Waals surface area (Å²) < 4.78 is 6.50. The summed E-state index contributed by atoms with van der Waals surface area (Å²) in [6.45, 7) is 2.18.